The molecular formula is C19H23ClN4O3. The lowest BCUT2D eigenvalue weighted by Gasteiger charge is -2.27. The zero-order chi connectivity index (χ0) is 19.6. The fraction of sp³-hybridized carbons (Fsp3) is 0.421. The first-order valence-corrected chi connectivity index (χ1v) is 9.22. The predicted octanol–water partition coefficient (Wildman–Crippen LogP) is 1.91. The molecule has 27 heavy (non-hydrogen) atoms. The fourth-order valence-electron chi connectivity index (χ4n) is 3.35. The second-order valence-corrected chi connectivity index (χ2v) is 7.18. The molecule has 0 saturated carbocycles. The van der Waals surface area contributed by atoms with Crippen LogP contribution in [0.15, 0.2) is 36.5 Å². The van der Waals surface area contributed by atoms with Crippen molar-refractivity contribution in [3.63, 3.8) is 0 Å². The number of allylic oxidation sites excluding steroid dienone is 1. The number of aryl methyl sites for hydroxylation is 1. The number of fused-ring (bicyclic) bond motifs is 1. The molecule has 0 fully saturated rings. The van der Waals surface area contributed by atoms with E-state index >= 15 is 0 Å². The molecule has 0 bridgehead atoms. The molecule has 2 aromatic rings. The Hall–Kier alpha value is -2.22. The van der Waals surface area contributed by atoms with Crippen molar-refractivity contribution >= 4 is 23.2 Å². The van der Waals surface area contributed by atoms with Crippen LogP contribution in [0.2, 0.25) is 5.02 Å². The van der Waals surface area contributed by atoms with E-state index in [1.165, 1.54) is 4.90 Å². The topological polar surface area (TPSA) is 91.5 Å². The van der Waals surface area contributed by atoms with Gasteiger partial charge < -0.3 is 15.1 Å². The monoisotopic (exact) mass is 390 g/mol. The first kappa shape index (κ1) is 19.5. The standard InChI is InChI=1S/C19H23ClN4O3/c1-13(5-3-4-9-24-12-15(8-10-25)21-22-24)19(27)16-11-14(20)6-7-17(16)23(2)18(19)26/h3,5-7,11-13,25,27H,4,8-10H2,1-2H3/b5-3+/t13-,19+/m1/s1. The average Bonchev–Trinajstić information content (AvgIpc) is 3.17. The molecule has 1 amide bonds. The van der Waals surface area contributed by atoms with E-state index < -0.39 is 11.5 Å². The number of carbonyl (C=O) groups excluding carboxylic acids is 1. The molecular weight excluding hydrogens is 368 g/mol. The summed E-state index contributed by atoms with van der Waals surface area (Å²) in [4.78, 5) is 14.2. The Kier molecular flexibility index (Phi) is 5.64. The smallest absolute Gasteiger partial charge is 0.264 e. The number of aromatic nitrogens is 3. The number of benzene rings is 1. The molecule has 2 heterocycles. The quantitative estimate of drug-likeness (QED) is 0.705. The second-order valence-electron chi connectivity index (χ2n) is 6.74. The third kappa shape index (κ3) is 3.63. The third-order valence-corrected chi connectivity index (χ3v) is 5.16. The molecule has 7 nitrogen and oxygen atoms in total. The van der Waals surface area contributed by atoms with Gasteiger partial charge in [0, 0.05) is 49.3 Å². The Balaban J connectivity index is 1.69. The minimum atomic E-state index is -1.63. The SMILES string of the molecule is C[C@H](/C=C/CCn1cc(CCO)nn1)[C@@]1(O)C(=O)N(C)c2ccc(Cl)cc21. The molecule has 0 spiro atoms. The van der Waals surface area contributed by atoms with E-state index in [9.17, 15) is 9.90 Å². The molecule has 0 radical (unpaired) electrons. The average molecular weight is 391 g/mol. The van der Waals surface area contributed by atoms with Gasteiger partial charge in [-0.3, -0.25) is 9.48 Å². The van der Waals surface area contributed by atoms with Gasteiger partial charge in [0.05, 0.1) is 11.4 Å². The van der Waals surface area contributed by atoms with Crippen LogP contribution < -0.4 is 4.90 Å². The van der Waals surface area contributed by atoms with E-state index in [2.05, 4.69) is 10.3 Å². The molecule has 3 rings (SSSR count). The van der Waals surface area contributed by atoms with Gasteiger partial charge in [0.25, 0.3) is 5.91 Å². The molecule has 2 N–H and O–H groups in total. The maximum atomic E-state index is 12.7. The highest BCUT2D eigenvalue weighted by Crippen LogP contribution is 2.45. The van der Waals surface area contributed by atoms with Crippen LogP contribution in [0, 0.1) is 5.92 Å². The fourth-order valence-corrected chi connectivity index (χ4v) is 3.52. The van der Waals surface area contributed by atoms with Gasteiger partial charge in [-0.1, -0.05) is 35.9 Å². The largest absolute Gasteiger partial charge is 0.396 e. The molecule has 1 aromatic heterocycles. The van der Waals surface area contributed by atoms with Crippen LogP contribution in [0.5, 0.6) is 0 Å². The first-order chi connectivity index (χ1) is 12.9. The summed E-state index contributed by atoms with van der Waals surface area (Å²) in [5.41, 5.74) is 0.320. The lowest BCUT2D eigenvalue weighted by Crippen LogP contribution is -2.43. The lowest BCUT2D eigenvalue weighted by molar-refractivity contribution is -0.139. The van der Waals surface area contributed by atoms with Gasteiger partial charge in [-0.25, -0.2) is 0 Å². The molecule has 0 saturated heterocycles. The highest BCUT2D eigenvalue weighted by molar-refractivity contribution is 6.31. The van der Waals surface area contributed by atoms with Crippen LogP contribution >= 0.6 is 11.6 Å². The normalized spacial score (nSPS) is 20.5. The van der Waals surface area contributed by atoms with Crippen molar-refractivity contribution in [3.8, 4) is 0 Å². The Morgan fingerprint density at radius 2 is 2.19 bits per heavy atom. The van der Waals surface area contributed by atoms with Gasteiger partial charge in [-0.05, 0) is 24.6 Å². The number of halogens is 1. The molecule has 0 aliphatic carbocycles. The van der Waals surface area contributed by atoms with Crippen LogP contribution in [-0.2, 0) is 23.4 Å². The van der Waals surface area contributed by atoms with Crippen molar-refractivity contribution in [2.24, 2.45) is 5.92 Å². The van der Waals surface area contributed by atoms with Gasteiger partial charge in [-0.15, -0.1) is 5.10 Å². The molecule has 8 heteroatoms. The third-order valence-electron chi connectivity index (χ3n) is 4.92. The molecule has 144 valence electrons. The summed E-state index contributed by atoms with van der Waals surface area (Å²) in [6.07, 6.45) is 6.72. The number of rotatable bonds is 7. The molecule has 1 aromatic carbocycles. The minimum absolute atomic E-state index is 0.0443. The van der Waals surface area contributed by atoms with E-state index in [0.717, 1.165) is 5.69 Å². The zero-order valence-electron chi connectivity index (χ0n) is 15.3. The van der Waals surface area contributed by atoms with Crippen molar-refractivity contribution in [2.45, 2.75) is 31.9 Å². The Morgan fingerprint density at radius 3 is 2.93 bits per heavy atom. The van der Waals surface area contributed by atoms with Gasteiger partial charge in [-0.2, -0.15) is 0 Å². The predicted molar refractivity (Wildman–Crippen MR) is 102 cm³/mol. The number of carbonyl (C=O) groups is 1. The maximum Gasteiger partial charge on any atom is 0.264 e. The number of amides is 1. The van der Waals surface area contributed by atoms with Crippen molar-refractivity contribution in [2.75, 3.05) is 18.6 Å². The van der Waals surface area contributed by atoms with Crippen LogP contribution in [0.1, 0.15) is 24.6 Å². The van der Waals surface area contributed by atoms with E-state index in [1.807, 2.05) is 19.1 Å². The maximum absolute atomic E-state index is 12.7. The van der Waals surface area contributed by atoms with Crippen LogP contribution in [-0.4, -0.2) is 44.8 Å². The van der Waals surface area contributed by atoms with Gasteiger partial charge in [0.1, 0.15) is 0 Å². The summed E-state index contributed by atoms with van der Waals surface area (Å²) >= 11 is 6.08. The summed E-state index contributed by atoms with van der Waals surface area (Å²) in [6.45, 7) is 2.48. The van der Waals surface area contributed by atoms with Crippen molar-refractivity contribution in [1.29, 1.82) is 0 Å². The van der Waals surface area contributed by atoms with Gasteiger partial charge in [0.15, 0.2) is 5.60 Å². The molecule has 1 aliphatic rings. The summed E-state index contributed by atoms with van der Waals surface area (Å²) in [5, 5.41) is 28.6. The Morgan fingerprint density at radius 1 is 1.41 bits per heavy atom. The summed E-state index contributed by atoms with van der Waals surface area (Å²) in [6, 6.07) is 5.11. The summed E-state index contributed by atoms with van der Waals surface area (Å²) in [7, 11) is 1.65. The van der Waals surface area contributed by atoms with Crippen LogP contribution in [0.3, 0.4) is 0 Å². The van der Waals surface area contributed by atoms with E-state index in [4.69, 9.17) is 16.7 Å². The number of likely N-dealkylation sites (N-methyl/N-ethyl adjacent to an activating group) is 1. The number of anilines is 1. The van der Waals surface area contributed by atoms with Gasteiger partial charge >= 0.3 is 0 Å². The molecule has 1 aliphatic heterocycles. The van der Waals surface area contributed by atoms with E-state index in [-0.39, 0.29) is 12.5 Å². The zero-order valence-corrected chi connectivity index (χ0v) is 16.1. The Labute approximate surface area is 162 Å². The molecule has 2 atom stereocenters. The number of aliphatic hydroxyl groups is 2. The number of aliphatic hydroxyl groups excluding tert-OH is 1. The van der Waals surface area contributed by atoms with Crippen molar-refractivity contribution in [1.82, 2.24) is 15.0 Å². The van der Waals surface area contributed by atoms with Gasteiger partial charge in [0.2, 0.25) is 0 Å². The van der Waals surface area contributed by atoms with E-state index in [1.54, 1.807) is 36.1 Å². The highest BCUT2D eigenvalue weighted by Gasteiger charge is 2.51. The van der Waals surface area contributed by atoms with Crippen LogP contribution in [0.25, 0.3) is 0 Å². The molecule has 0 unspecified atom stereocenters. The van der Waals surface area contributed by atoms with Crippen molar-refractivity contribution in [3.05, 3.63) is 52.8 Å². The summed E-state index contributed by atoms with van der Waals surface area (Å²) < 4.78 is 1.71. The minimum Gasteiger partial charge on any atom is -0.396 e. The first-order valence-electron chi connectivity index (χ1n) is 8.85. The number of hydrogen-bond acceptors (Lipinski definition) is 5. The summed E-state index contributed by atoms with van der Waals surface area (Å²) in [5.74, 6) is -0.783. The highest BCUT2D eigenvalue weighted by atomic mass is 35.5. The van der Waals surface area contributed by atoms with Crippen LogP contribution in [0.4, 0.5) is 5.69 Å². The van der Waals surface area contributed by atoms with Crippen molar-refractivity contribution < 1.29 is 15.0 Å². The Bertz CT molecular complexity index is 866. The number of hydrogen-bond donors (Lipinski definition) is 2. The van der Waals surface area contributed by atoms with E-state index in [0.29, 0.717) is 35.7 Å². The second kappa shape index (κ2) is 7.80. The lowest BCUT2D eigenvalue weighted by atomic mass is 9.83. The number of nitrogens with zero attached hydrogens (tertiary/aromatic N) is 4.